The van der Waals surface area contributed by atoms with Gasteiger partial charge in [-0.05, 0) is 36.6 Å². The molecule has 61 heavy (non-hydrogen) atoms. The van der Waals surface area contributed by atoms with Gasteiger partial charge in [-0.2, -0.15) is 9.97 Å². The Morgan fingerprint density at radius 3 is 2.20 bits per heavy atom. The molecule has 0 radical (unpaired) electrons. The van der Waals surface area contributed by atoms with Gasteiger partial charge >= 0.3 is 7.60 Å². The van der Waals surface area contributed by atoms with Crippen LogP contribution in [0, 0.1) is 10.1 Å². The van der Waals surface area contributed by atoms with Crippen molar-refractivity contribution in [3.63, 3.8) is 0 Å². The molecule has 2 amide bonds. The number of nitrogens with one attached hydrogen (secondary N) is 3. The number of ether oxygens (including phenoxy) is 5. The highest BCUT2D eigenvalue weighted by Gasteiger charge is 2.26. The molecule has 22 heteroatoms. The molecular weight excluding hydrogens is 819 g/mol. The molecule has 2 heterocycles. The Labute approximate surface area is 352 Å². The van der Waals surface area contributed by atoms with Crippen LogP contribution < -0.4 is 25.6 Å². The van der Waals surface area contributed by atoms with Crippen molar-refractivity contribution in [2.45, 2.75) is 52.2 Å². The first-order chi connectivity index (χ1) is 29.5. The summed E-state index contributed by atoms with van der Waals surface area (Å²) < 4.78 is 51.5. The number of aromatic nitrogens is 4. The number of rotatable bonds is 32. The Morgan fingerprint density at radius 1 is 0.803 bits per heavy atom. The van der Waals surface area contributed by atoms with Gasteiger partial charge in [0.15, 0.2) is 5.65 Å². The number of fused-ring (bicyclic) bond motifs is 1. The van der Waals surface area contributed by atoms with E-state index in [4.69, 9.17) is 38.5 Å². The third-order valence-electron chi connectivity index (χ3n) is 8.45. The number of amides is 2. The van der Waals surface area contributed by atoms with E-state index in [1.54, 1.807) is 6.92 Å². The molecule has 0 saturated carbocycles. The first-order valence-electron chi connectivity index (χ1n) is 19.7. The number of carbonyl (C=O) groups excluding carboxylic acids is 3. The van der Waals surface area contributed by atoms with Crippen LogP contribution in [0.5, 0.6) is 11.6 Å². The summed E-state index contributed by atoms with van der Waals surface area (Å²) in [6, 6.07) is 12.8. The maximum Gasteiger partial charge on any atom is 0.381 e. The molecular formula is C39H53N8O13P. The molecule has 0 aliphatic rings. The van der Waals surface area contributed by atoms with E-state index in [9.17, 15) is 29.1 Å². The van der Waals surface area contributed by atoms with E-state index >= 15 is 0 Å². The van der Waals surface area contributed by atoms with Gasteiger partial charge in [0.1, 0.15) is 23.7 Å². The lowest BCUT2D eigenvalue weighted by Gasteiger charge is -2.18. The molecule has 0 aliphatic carbocycles. The average Bonchev–Trinajstić information content (AvgIpc) is 3.72. The number of nitrogens with two attached hydrogens (primary N) is 1. The molecule has 0 fully saturated rings. The molecule has 1 unspecified atom stereocenters. The number of H-pyrrole nitrogens is 1. The summed E-state index contributed by atoms with van der Waals surface area (Å²) in [6.07, 6.45) is 2.65. The van der Waals surface area contributed by atoms with Crippen LogP contribution >= 0.6 is 7.60 Å². The third kappa shape index (κ3) is 18.7. The third-order valence-corrected chi connectivity index (χ3v) is 10.3. The van der Waals surface area contributed by atoms with Crippen molar-refractivity contribution >= 4 is 48.0 Å². The fourth-order valence-electron chi connectivity index (χ4n) is 5.33. The number of nitro groups is 1. The van der Waals surface area contributed by atoms with E-state index < -0.39 is 12.5 Å². The van der Waals surface area contributed by atoms with Crippen LogP contribution in [0.1, 0.15) is 50.2 Å². The summed E-state index contributed by atoms with van der Waals surface area (Å²) in [5.74, 6) is 0.142. The number of hydrogen-bond donors (Lipinski definition) is 4. The quantitative estimate of drug-likeness (QED) is 0.0233. The zero-order valence-corrected chi connectivity index (χ0v) is 34.9. The van der Waals surface area contributed by atoms with Gasteiger partial charge in [-0.3, -0.25) is 24.5 Å². The minimum atomic E-state index is -3.54. The van der Waals surface area contributed by atoms with Crippen LogP contribution in [0.15, 0.2) is 54.9 Å². The number of benzene rings is 2. The fraction of sp³-hybridized carbons (Fsp3) is 0.487. The van der Waals surface area contributed by atoms with E-state index in [-0.39, 0.29) is 113 Å². The van der Waals surface area contributed by atoms with Crippen molar-refractivity contribution in [3.8, 4) is 11.6 Å². The summed E-state index contributed by atoms with van der Waals surface area (Å²) in [7, 11) is -3.54. The molecule has 5 N–H and O–H groups in total. The predicted octanol–water partition coefficient (Wildman–Crippen LogP) is 4.05. The van der Waals surface area contributed by atoms with Gasteiger partial charge in [0.25, 0.3) is 5.69 Å². The lowest BCUT2D eigenvalue weighted by molar-refractivity contribution is -0.384. The maximum absolute atomic E-state index is 13.0. The van der Waals surface area contributed by atoms with Crippen molar-refractivity contribution in [3.05, 3.63) is 76.1 Å². The van der Waals surface area contributed by atoms with Gasteiger partial charge in [-0.25, -0.2) is 9.55 Å². The Bertz CT molecular complexity index is 2020. The highest BCUT2D eigenvalue weighted by Crippen LogP contribution is 2.48. The molecule has 0 bridgehead atoms. The molecule has 4 aromatic rings. The number of non-ortho nitro benzene ring substituents is 1. The van der Waals surface area contributed by atoms with Crippen LogP contribution in [-0.4, -0.2) is 115 Å². The normalized spacial score (nSPS) is 12.1. The van der Waals surface area contributed by atoms with Crippen LogP contribution in [0.2, 0.25) is 0 Å². The zero-order valence-electron chi connectivity index (χ0n) is 34.0. The second-order valence-electron chi connectivity index (χ2n) is 13.2. The van der Waals surface area contributed by atoms with Crippen molar-refractivity contribution in [2.24, 2.45) is 0 Å². The summed E-state index contributed by atoms with van der Waals surface area (Å²) in [6.45, 7) is 4.77. The number of nitro benzene ring substituents is 1. The number of carbonyl (C=O) groups is 3. The van der Waals surface area contributed by atoms with Crippen molar-refractivity contribution in [2.75, 3.05) is 77.9 Å². The number of Topliss-reactive ketones (excluding diaryl/α,β-unsaturated/α-hetero) is 1. The van der Waals surface area contributed by atoms with Gasteiger partial charge in [0, 0.05) is 57.5 Å². The van der Waals surface area contributed by atoms with E-state index in [1.165, 1.54) is 30.6 Å². The van der Waals surface area contributed by atoms with E-state index in [2.05, 4.69) is 30.6 Å². The number of anilines is 1. The number of nitrogens with zero attached hydrogens (tertiary/aromatic N) is 4. The molecule has 332 valence electrons. The van der Waals surface area contributed by atoms with Crippen molar-refractivity contribution in [1.29, 1.82) is 0 Å². The topological polar surface area (TPSA) is 281 Å². The first kappa shape index (κ1) is 48.1. The van der Waals surface area contributed by atoms with E-state index in [0.29, 0.717) is 56.4 Å². The Balaban J connectivity index is 0.906. The zero-order chi connectivity index (χ0) is 43.7. The van der Waals surface area contributed by atoms with E-state index in [1.807, 2.05) is 24.3 Å². The molecule has 2 aromatic heterocycles. The van der Waals surface area contributed by atoms with Gasteiger partial charge in [-0.1, -0.05) is 24.3 Å². The second kappa shape index (κ2) is 26.6. The molecule has 0 aliphatic heterocycles. The minimum absolute atomic E-state index is 0.0226. The molecule has 0 spiro atoms. The molecule has 4 rings (SSSR count). The smallest absolute Gasteiger partial charge is 0.381 e. The lowest BCUT2D eigenvalue weighted by atomic mass is 10.1. The van der Waals surface area contributed by atoms with Gasteiger partial charge < -0.3 is 54.1 Å². The minimum Gasteiger partial charge on any atom is -0.471 e. The second-order valence-corrected chi connectivity index (χ2v) is 15.3. The van der Waals surface area contributed by atoms with Gasteiger partial charge in [-0.15, -0.1) is 0 Å². The van der Waals surface area contributed by atoms with Crippen molar-refractivity contribution in [1.82, 2.24) is 30.6 Å². The number of imidazole rings is 1. The molecule has 21 nitrogen and oxygen atoms in total. The number of hydrogen-bond acceptors (Lipinski definition) is 17. The standard InChI is InChI=1S/C39H53N8O13P/c1-2-59-61(53,60-33-12-9-31(10-13-33)47(51)52)25-24-57-23-20-54-17-3-4-32(48)11-14-34(49)41-16-19-56-22-21-55-18-15-35(50)42-26-29-5-7-30(8-6-29)27-58-38-36-37(44-28-43-36)45-39(40)46-38/h5-10,12-13,28H,2-4,11,14-27H2,1H3,(H,41,49)(H,42,50)(H3,40,43,44,45,46). The molecule has 2 aromatic carbocycles. The summed E-state index contributed by atoms with van der Waals surface area (Å²) >= 11 is 0. The maximum atomic E-state index is 13.0. The average molecular weight is 873 g/mol. The largest absolute Gasteiger partial charge is 0.471 e. The van der Waals surface area contributed by atoms with E-state index in [0.717, 1.165) is 11.1 Å². The monoisotopic (exact) mass is 872 g/mol. The number of ketones is 1. The summed E-state index contributed by atoms with van der Waals surface area (Å²) in [5.41, 5.74) is 8.44. The van der Waals surface area contributed by atoms with Crippen molar-refractivity contribution < 1.29 is 56.6 Å². The number of aromatic amines is 1. The first-order valence-corrected chi connectivity index (χ1v) is 21.5. The van der Waals surface area contributed by atoms with Crippen LogP contribution in [0.25, 0.3) is 11.2 Å². The highest BCUT2D eigenvalue weighted by molar-refractivity contribution is 7.54. The Morgan fingerprint density at radius 2 is 1.48 bits per heavy atom. The Hall–Kier alpha value is -5.57. The van der Waals surface area contributed by atoms with Crippen LogP contribution in [0.4, 0.5) is 11.6 Å². The SMILES string of the molecule is CCOP(=O)(CCOCCOCCCC(=O)CCC(=O)NCCOCCOCCC(=O)NCc1ccc(COc2nc(N)nc3nc[nH]c23)cc1)Oc1ccc([N+](=O)[O-])cc1. The molecule has 0 saturated heterocycles. The van der Waals surface area contributed by atoms with Gasteiger partial charge in [0.05, 0.1) is 70.3 Å². The fourth-order valence-corrected chi connectivity index (χ4v) is 6.79. The van der Waals surface area contributed by atoms with Crippen LogP contribution in [0.3, 0.4) is 0 Å². The number of nitrogen functional groups attached to an aromatic ring is 1. The lowest BCUT2D eigenvalue weighted by Crippen LogP contribution is -2.28. The van der Waals surface area contributed by atoms with Gasteiger partial charge in [0.2, 0.25) is 23.6 Å². The predicted molar refractivity (Wildman–Crippen MR) is 221 cm³/mol. The summed E-state index contributed by atoms with van der Waals surface area (Å²) in [4.78, 5) is 62.0. The van der Waals surface area contributed by atoms with Crippen LogP contribution in [-0.2, 0) is 55.6 Å². The highest BCUT2D eigenvalue weighted by atomic mass is 31.2. The Kier molecular flexibility index (Phi) is 21.0. The summed E-state index contributed by atoms with van der Waals surface area (Å²) in [5, 5.41) is 16.4. The molecule has 1 atom stereocenters.